The average Bonchev–Trinajstić information content (AvgIpc) is 3.21. The van der Waals surface area contributed by atoms with Crippen molar-refractivity contribution in [2.24, 2.45) is 11.7 Å². The molecule has 3 aromatic rings. The second-order valence-electron chi connectivity index (χ2n) is 8.44. The standard InChI is InChI=1S/C25H28N4O2/c1-17(30)29-15-22(23(16-29)25(26)31)19-9-7-18(8-10-19)13-28(2)14-20-11-12-27-24-6-4-3-5-21(20)24/h3-12,22-23H,13-16H2,1-2H3,(H2,26,31)/t22-,23+/m1/s1. The number of pyridine rings is 1. The second-order valence-corrected chi connectivity index (χ2v) is 8.44. The van der Waals surface area contributed by atoms with Crippen molar-refractivity contribution in [1.29, 1.82) is 0 Å². The molecule has 2 aromatic carbocycles. The largest absolute Gasteiger partial charge is 0.369 e. The first kappa shape index (κ1) is 21.0. The molecular weight excluding hydrogens is 388 g/mol. The Kier molecular flexibility index (Phi) is 6.00. The molecule has 0 radical (unpaired) electrons. The number of hydrogen-bond acceptors (Lipinski definition) is 4. The summed E-state index contributed by atoms with van der Waals surface area (Å²) in [4.78, 5) is 32.1. The van der Waals surface area contributed by atoms with E-state index in [1.807, 2.05) is 24.4 Å². The fourth-order valence-electron chi connectivity index (χ4n) is 4.51. The summed E-state index contributed by atoms with van der Waals surface area (Å²) in [6.45, 7) is 4.10. The maximum atomic E-state index is 11.9. The zero-order chi connectivity index (χ0) is 22.0. The molecule has 2 N–H and O–H groups in total. The fraction of sp³-hybridized carbons (Fsp3) is 0.320. The molecule has 0 spiro atoms. The maximum absolute atomic E-state index is 11.9. The van der Waals surface area contributed by atoms with Crippen LogP contribution in [0.5, 0.6) is 0 Å². The van der Waals surface area contributed by atoms with Crippen molar-refractivity contribution in [3.05, 3.63) is 77.5 Å². The van der Waals surface area contributed by atoms with Gasteiger partial charge in [-0.05, 0) is 35.9 Å². The third-order valence-corrected chi connectivity index (χ3v) is 6.17. The van der Waals surface area contributed by atoms with Crippen LogP contribution in [0.1, 0.15) is 29.5 Å². The number of likely N-dealkylation sites (tertiary alicyclic amines) is 1. The number of carbonyl (C=O) groups is 2. The number of nitrogens with two attached hydrogens (primary N) is 1. The molecule has 6 heteroatoms. The average molecular weight is 417 g/mol. The minimum atomic E-state index is -0.345. The number of benzene rings is 2. The predicted molar refractivity (Wildman–Crippen MR) is 121 cm³/mol. The molecule has 0 aliphatic carbocycles. The summed E-state index contributed by atoms with van der Waals surface area (Å²) in [5, 5.41) is 1.18. The second kappa shape index (κ2) is 8.86. The zero-order valence-electron chi connectivity index (χ0n) is 18.0. The van der Waals surface area contributed by atoms with Gasteiger partial charge in [0.25, 0.3) is 0 Å². The molecule has 31 heavy (non-hydrogen) atoms. The topological polar surface area (TPSA) is 79.5 Å². The van der Waals surface area contributed by atoms with Crippen LogP contribution in [0.3, 0.4) is 0 Å². The number of aromatic nitrogens is 1. The van der Waals surface area contributed by atoms with Crippen LogP contribution in [0.4, 0.5) is 0 Å². The third-order valence-electron chi connectivity index (χ3n) is 6.17. The molecule has 160 valence electrons. The smallest absolute Gasteiger partial charge is 0.223 e. The van der Waals surface area contributed by atoms with E-state index in [-0.39, 0.29) is 23.7 Å². The van der Waals surface area contributed by atoms with Gasteiger partial charge in [0.2, 0.25) is 11.8 Å². The van der Waals surface area contributed by atoms with Crippen LogP contribution in [0.15, 0.2) is 60.8 Å². The predicted octanol–water partition coefficient (Wildman–Crippen LogP) is 2.91. The minimum absolute atomic E-state index is 0.0179. The van der Waals surface area contributed by atoms with E-state index in [0.717, 1.165) is 24.2 Å². The van der Waals surface area contributed by atoms with Crippen molar-refractivity contribution in [2.75, 3.05) is 20.1 Å². The van der Waals surface area contributed by atoms with Crippen molar-refractivity contribution in [1.82, 2.24) is 14.8 Å². The molecule has 2 amide bonds. The summed E-state index contributed by atoms with van der Waals surface area (Å²) in [6, 6.07) is 18.6. The van der Waals surface area contributed by atoms with E-state index in [4.69, 9.17) is 5.73 Å². The van der Waals surface area contributed by atoms with Crippen molar-refractivity contribution in [3.8, 4) is 0 Å². The Morgan fingerprint density at radius 1 is 1.06 bits per heavy atom. The lowest BCUT2D eigenvalue weighted by Gasteiger charge is -2.19. The van der Waals surface area contributed by atoms with Gasteiger partial charge in [0.1, 0.15) is 0 Å². The van der Waals surface area contributed by atoms with Gasteiger partial charge in [0.05, 0.1) is 11.4 Å². The van der Waals surface area contributed by atoms with E-state index in [1.54, 1.807) is 4.90 Å². The lowest BCUT2D eigenvalue weighted by atomic mass is 9.88. The number of carbonyl (C=O) groups excluding carboxylic acids is 2. The molecule has 1 saturated heterocycles. The van der Waals surface area contributed by atoms with Crippen LogP contribution in [-0.2, 0) is 22.7 Å². The summed E-state index contributed by atoms with van der Waals surface area (Å²) in [6.07, 6.45) is 1.86. The van der Waals surface area contributed by atoms with Crippen molar-refractivity contribution in [2.45, 2.75) is 25.9 Å². The van der Waals surface area contributed by atoms with Crippen LogP contribution < -0.4 is 5.73 Å². The van der Waals surface area contributed by atoms with Crippen LogP contribution in [0.2, 0.25) is 0 Å². The summed E-state index contributed by atoms with van der Waals surface area (Å²) >= 11 is 0. The number of fused-ring (bicyclic) bond motifs is 1. The zero-order valence-corrected chi connectivity index (χ0v) is 18.0. The maximum Gasteiger partial charge on any atom is 0.223 e. The number of hydrogen-bond donors (Lipinski definition) is 1. The molecule has 1 aliphatic heterocycles. The molecule has 0 bridgehead atoms. The quantitative estimate of drug-likeness (QED) is 0.670. The molecule has 1 fully saturated rings. The van der Waals surface area contributed by atoms with E-state index in [1.165, 1.54) is 23.4 Å². The van der Waals surface area contributed by atoms with Gasteiger partial charge in [-0.15, -0.1) is 0 Å². The molecule has 6 nitrogen and oxygen atoms in total. The number of primary amides is 1. The highest BCUT2D eigenvalue weighted by Gasteiger charge is 2.38. The Labute approximate surface area is 182 Å². The Balaban J connectivity index is 1.44. The van der Waals surface area contributed by atoms with E-state index < -0.39 is 0 Å². The Bertz CT molecular complexity index is 1090. The van der Waals surface area contributed by atoms with Crippen molar-refractivity contribution < 1.29 is 9.59 Å². The normalized spacial score (nSPS) is 18.6. The summed E-state index contributed by atoms with van der Waals surface area (Å²) in [5.74, 6) is -0.744. The Hall–Kier alpha value is -3.25. The van der Waals surface area contributed by atoms with Gasteiger partial charge in [-0.1, -0.05) is 42.5 Å². The first-order valence-corrected chi connectivity index (χ1v) is 10.6. The lowest BCUT2D eigenvalue weighted by molar-refractivity contribution is -0.128. The first-order chi connectivity index (χ1) is 14.9. The van der Waals surface area contributed by atoms with Crippen LogP contribution in [-0.4, -0.2) is 46.7 Å². The van der Waals surface area contributed by atoms with E-state index >= 15 is 0 Å². The molecule has 1 aromatic heterocycles. The number of rotatable bonds is 6. The Morgan fingerprint density at radius 2 is 1.81 bits per heavy atom. The molecule has 0 unspecified atom stereocenters. The SMILES string of the molecule is CC(=O)N1C[C@H](C(N)=O)[C@@H](c2ccc(CN(C)Cc3ccnc4ccccc34)cc2)C1. The van der Waals surface area contributed by atoms with Crippen LogP contribution in [0.25, 0.3) is 10.9 Å². The van der Waals surface area contributed by atoms with Crippen molar-refractivity contribution in [3.63, 3.8) is 0 Å². The highest BCUT2D eigenvalue weighted by Crippen LogP contribution is 2.33. The minimum Gasteiger partial charge on any atom is -0.369 e. The summed E-state index contributed by atoms with van der Waals surface area (Å²) in [7, 11) is 2.11. The first-order valence-electron chi connectivity index (χ1n) is 10.6. The molecule has 2 atom stereocenters. The lowest BCUT2D eigenvalue weighted by Crippen LogP contribution is -2.30. The number of para-hydroxylation sites is 1. The highest BCUT2D eigenvalue weighted by atomic mass is 16.2. The van der Waals surface area contributed by atoms with E-state index in [2.05, 4.69) is 53.3 Å². The third kappa shape index (κ3) is 4.59. The van der Waals surface area contributed by atoms with Gasteiger partial charge in [0.15, 0.2) is 0 Å². The number of amides is 2. The highest BCUT2D eigenvalue weighted by molar-refractivity contribution is 5.82. The molecule has 0 saturated carbocycles. The fourth-order valence-corrected chi connectivity index (χ4v) is 4.51. The summed E-state index contributed by atoms with van der Waals surface area (Å²) in [5.41, 5.74) is 10.1. The molecule has 2 heterocycles. The van der Waals surface area contributed by atoms with Crippen molar-refractivity contribution >= 4 is 22.7 Å². The summed E-state index contributed by atoms with van der Waals surface area (Å²) < 4.78 is 0. The van der Waals surface area contributed by atoms with Gasteiger partial charge in [-0.3, -0.25) is 19.5 Å². The van der Waals surface area contributed by atoms with Crippen LogP contribution >= 0.6 is 0 Å². The van der Waals surface area contributed by atoms with Gasteiger partial charge in [-0.2, -0.15) is 0 Å². The van der Waals surface area contributed by atoms with Gasteiger partial charge >= 0.3 is 0 Å². The van der Waals surface area contributed by atoms with Gasteiger partial charge < -0.3 is 10.6 Å². The van der Waals surface area contributed by atoms with E-state index in [0.29, 0.717) is 13.1 Å². The van der Waals surface area contributed by atoms with Crippen LogP contribution in [0, 0.1) is 5.92 Å². The molecule has 4 rings (SSSR count). The molecule has 1 aliphatic rings. The van der Waals surface area contributed by atoms with Gasteiger partial charge in [-0.25, -0.2) is 0 Å². The van der Waals surface area contributed by atoms with Gasteiger partial charge in [0, 0.05) is 50.6 Å². The number of nitrogens with zero attached hydrogens (tertiary/aromatic N) is 3. The Morgan fingerprint density at radius 3 is 2.52 bits per heavy atom. The monoisotopic (exact) mass is 416 g/mol. The van der Waals surface area contributed by atoms with E-state index in [9.17, 15) is 9.59 Å². The molecular formula is C25H28N4O2.